The van der Waals surface area contributed by atoms with Crippen LogP contribution in [0, 0.1) is 11.8 Å². The number of rotatable bonds is 4. The highest BCUT2D eigenvalue weighted by molar-refractivity contribution is 4.78. The van der Waals surface area contributed by atoms with Gasteiger partial charge in [-0.15, -0.1) is 0 Å². The fourth-order valence-corrected chi connectivity index (χ4v) is 3.36. The average Bonchev–Trinajstić information content (AvgIpc) is 2.66. The predicted octanol–water partition coefficient (Wildman–Crippen LogP) is 3.74. The first-order valence-corrected chi connectivity index (χ1v) is 7.08. The maximum atomic E-state index is 3.76. The quantitative estimate of drug-likeness (QED) is 0.744. The van der Waals surface area contributed by atoms with E-state index in [1.807, 2.05) is 0 Å². The third kappa shape index (κ3) is 3.79. The largest absolute Gasteiger partial charge is 0.314 e. The topological polar surface area (TPSA) is 12.0 Å². The van der Waals surface area contributed by atoms with Gasteiger partial charge in [0.25, 0.3) is 0 Å². The van der Waals surface area contributed by atoms with E-state index in [9.17, 15) is 0 Å². The van der Waals surface area contributed by atoms with Crippen LogP contribution in [-0.2, 0) is 0 Å². The second-order valence-electron chi connectivity index (χ2n) is 5.86. The van der Waals surface area contributed by atoms with Crippen molar-refractivity contribution in [3.63, 3.8) is 0 Å². The first-order valence-electron chi connectivity index (χ1n) is 7.08. The molecule has 88 valence electrons. The maximum absolute atomic E-state index is 3.76. The molecule has 2 aliphatic carbocycles. The zero-order valence-corrected chi connectivity index (χ0v) is 10.3. The summed E-state index contributed by atoms with van der Waals surface area (Å²) in [5.41, 5.74) is 0. The van der Waals surface area contributed by atoms with E-state index < -0.39 is 0 Å². The van der Waals surface area contributed by atoms with Crippen molar-refractivity contribution in [2.24, 2.45) is 11.8 Å². The monoisotopic (exact) mass is 209 g/mol. The van der Waals surface area contributed by atoms with Gasteiger partial charge in [-0.05, 0) is 44.1 Å². The van der Waals surface area contributed by atoms with Crippen LogP contribution >= 0.6 is 0 Å². The first kappa shape index (κ1) is 11.4. The van der Waals surface area contributed by atoms with E-state index in [1.54, 1.807) is 0 Å². The third-order valence-corrected chi connectivity index (χ3v) is 4.41. The molecule has 0 aliphatic heterocycles. The van der Waals surface area contributed by atoms with Gasteiger partial charge in [-0.1, -0.05) is 39.0 Å². The van der Waals surface area contributed by atoms with Crippen LogP contribution in [0.15, 0.2) is 0 Å². The van der Waals surface area contributed by atoms with Crippen LogP contribution in [0.5, 0.6) is 0 Å². The molecule has 0 spiro atoms. The smallest absolute Gasteiger partial charge is 0.00697 e. The number of nitrogens with one attached hydrogen (secondary N) is 1. The minimum atomic E-state index is 0.851. The molecular weight excluding hydrogens is 182 g/mol. The molecule has 0 amide bonds. The maximum Gasteiger partial charge on any atom is 0.00697 e. The Morgan fingerprint density at radius 1 is 1.00 bits per heavy atom. The zero-order valence-electron chi connectivity index (χ0n) is 10.3. The van der Waals surface area contributed by atoms with Gasteiger partial charge in [-0.3, -0.25) is 0 Å². The van der Waals surface area contributed by atoms with E-state index in [-0.39, 0.29) is 0 Å². The van der Waals surface area contributed by atoms with Crippen LogP contribution in [0.4, 0.5) is 0 Å². The van der Waals surface area contributed by atoms with Gasteiger partial charge in [0.15, 0.2) is 0 Å². The Labute approximate surface area is 95.0 Å². The molecule has 2 rings (SSSR count). The predicted molar refractivity (Wildman–Crippen MR) is 66.0 cm³/mol. The third-order valence-electron chi connectivity index (χ3n) is 4.41. The standard InChI is InChI=1S/C14H27N/c1-12-7-8-14(11-12)15-10-9-13-5-3-2-4-6-13/h12-15H,2-11H2,1H3. The van der Waals surface area contributed by atoms with Crippen molar-refractivity contribution in [1.82, 2.24) is 5.32 Å². The molecule has 15 heavy (non-hydrogen) atoms. The van der Waals surface area contributed by atoms with E-state index in [1.165, 1.54) is 64.3 Å². The Bertz CT molecular complexity index is 167. The van der Waals surface area contributed by atoms with Crippen molar-refractivity contribution in [3.8, 4) is 0 Å². The van der Waals surface area contributed by atoms with E-state index >= 15 is 0 Å². The molecule has 0 aromatic heterocycles. The zero-order chi connectivity index (χ0) is 10.5. The molecule has 0 saturated heterocycles. The van der Waals surface area contributed by atoms with Gasteiger partial charge in [-0.25, -0.2) is 0 Å². The van der Waals surface area contributed by atoms with Gasteiger partial charge >= 0.3 is 0 Å². The van der Waals surface area contributed by atoms with Crippen LogP contribution in [0.1, 0.15) is 64.7 Å². The second-order valence-corrected chi connectivity index (χ2v) is 5.86. The summed E-state index contributed by atoms with van der Waals surface area (Å²) in [5, 5.41) is 3.76. The molecule has 2 unspecified atom stereocenters. The van der Waals surface area contributed by atoms with Crippen molar-refractivity contribution >= 4 is 0 Å². The number of hydrogen-bond acceptors (Lipinski definition) is 1. The molecule has 0 aromatic carbocycles. The highest BCUT2D eigenvalue weighted by Crippen LogP contribution is 2.27. The van der Waals surface area contributed by atoms with Crippen molar-refractivity contribution in [1.29, 1.82) is 0 Å². The lowest BCUT2D eigenvalue weighted by atomic mass is 9.87. The molecule has 1 nitrogen and oxygen atoms in total. The van der Waals surface area contributed by atoms with Gasteiger partial charge in [0, 0.05) is 6.04 Å². The molecule has 1 N–H and O–H groups in total. The van der Waals surface area contributed by atoms with Gasteiger partial charge in [0.1, 0.15) is 0 Å². The summed E-state index contributed by atoms with van der Waals surface area (Å²) in [6.45, 7) is 3.67. The lowest BCUT2D eigenvalue weighted by Gasteiger charge is -2.22. The summed E-state index contributed by atoms with van der Waals surface area (Å²) >= 11 is 0. The Kier molecular flexibility index (Phi) is 4.49. The minimum absolute atomic E-state index is 0.851. The number of hydrogen-bond donors (Lipinski definition) is 1. The summed E-state index contributed by atoms with van der Waals surface area (Å²) in [6, 6.07) is 0.851. The Morgan fingerprint density at radius 3 is 2.47 bits per heavy atom. The molecule has 0 aromatic rings. The molecule has 2 saturated carbocycles. The van der Waals surface area contributed by atoms with Crippen molar-refractivity contribution in [3.05, 3.63) is 0 Å². The SMILES string of the molecule is CC1CCC(NCCC2CCCCC2)C1. The molecule has 1 heteroatoms. The van der Waals surface area contributed by atoms with E-state index in [0.29, 0.717) is 0 Å². The Morgan fingerprint density at radius 2 is 1.80 bits per heavy atom. The van der Waals surface area contributed by atoms with Crippen LogP contribution in [0.2, 0.25) is 0 Å². The lowest BCUT2D eigenvalue weighted by Crippen LogP contribution is -2.28. The summed E-state index contributed by atoms with van der Waals surface area (Å²) in [4.78, 5) is 0. The van der Waals surface area contributed by atoms with Gasteiger partial charge < -0.3 is 5.32 Å². The van der Waals surface area contributed by atoms with Crippen LogP contribution in [0.3, 0.4) is 0 Å². The molecule has 0 radical (unpaired) electrons. The molecule has 0 heterocycles. The van der Waals surface area contributed by atoms with E-state index in [4.69, 9.17) is 0 Å². The van der Waals surface area contributed by atoms with Crippen molar-refractivity contribution in [2.45, 2.75) is 70.8 Å². The van der Waals surface area contributed by atoms with Gasteiger partial charge in [-0.2, -0.15) is 0 Å². The molecule has 2 aliphatic rings. The molecule has 0 bridgehead atoms. The van der Waals surface area contributed by atoms with Gasteiger partial charge in [0.2, 0.25) is 0 Å². The van der Waals surface area contributed by atoms with Crippen molar-refractivity contribution in [2.75, 3.05) is 6.54 Å². The molecule has 2 fully saturated rings. The summed E-state index contributed by atoms with van der Waals surface area (Å²) < 4.78 is 0. The summed E-state index contributed by atoms with van der Waals surface area (Å²) in [5.74, 6) is 2.02. The highest BCUT2D eigenvalue weighted by Gasteiger charge is 2.21. The van der Waals surface area contributed by atoms with E-state index in [2.05, 4.69) is 12.2 Å². The van der Waals surface area contributed by atoms with Crippen LogP contribution < -0.4 is 5.32 Å². The lowest BCUT2D eigenvalue weighted by molar-refractivity contribution is 0.327. The highest BCUT2D eigenvalue weighted by atomic mass is 14.9. The second kappa shape index (κ2) is 5.89. The fraction of sp³-hybridized carbons (Fsp3) is 1.00. The van der Waals surface area contributed by atoms with Gasteiger partial charge in [0.05, 0.1) is 0 Å². The molecule has 2 atom stereocenters. The summed E-state index contributed by atoms with van der Waals surface area (Å²) in [7, 11) is 0. The summed E-state index contributed by atoms with van der Waals surface area (Å²) in [6.07, 6.45) is 13.2. The first-order chi connectivity index (χ1) is 7.34. The average molecular weight is 209 g/mol. The Balaban J connectivity index is 1.54. The van der Waals surface area contributed by atoms with Crippen LogP contribution in [-0.4, -0.2) is 12.6 Å². The normalized spacial score (nSPS) is 33.4. The molecular formula is C14H27N. The van der Waals surface area contributed by atoms with E-state index in [0.717, 1.165) is 17.9 Å². The Hall–Kier alpha value is -0.0400. The minimum Gasteiger partial charge on any atom is -0.314 e. The van der Waals surface area contributed by atoms with Crippen molar-refractivity contribution < 1.29 is 0 Å². The van der Waals surface area contributed by atoms with Crippen LogP contribution in [0.25, 0.3) is 0 Å². The fourth-order valence-electron chi connectivity index (χ4n) is 3.36.